The average molecular weight is 471 g/mol. The highest BCUT2D eigenvalue weighted by molar-refractivity contribution is 6.06. The molecule has 9 nitrogen and oxygen atoms in total. The lowest BCUT2D eigenvalue weighted by Gasteiger charge is -2.35. The molecule has 0 unspecified atom stereocenters. The minimum Gasteiger partial charge on any atom is -0.497 e. The molecule has 3 aromatic rings. The second kappa shape index (κ2) is 10.1. The van der Waals surface area contributed by atoms with Crippen LogP contribution in [0.5, 0.6) is 5.75 Å². The number of hydrogen-bond acceptors (Lipinski definition) is 6. The fraction of sp³-hybridized carbons (Fsp3) is 0.154. The predicted octanol–water partition coefficient (Wildman–Crippen LogP) is 4.79. The van der Waals surface area contributed by atoms with E-state index in [4.69, 9.17) is 4.74 Å². The van der Waals surface area contributed by atoms with Crippen molar-refractivity contribution < 1.29 is 14.3 Å². The van der Waals surface area contributed by atoms with Crippen LogP contribution in [-0.4, -0.2) is 35.6 Å². The average Bonchev–Trinajstić information content (AvgIpc) is 2.86. The third-order valence-corrected chi connectivity index (χ3v) is 5.40. The molecule has 0 bridgehead atoms. The van der Waals surface area contributed by atoms with Gasteiger partial charge in [0, 0.05) is 30.1 Å². The van der Waals surface area contributed by atoms with Crippen molar-refractivity contribution in [3.05, 3.63) is 85.1 Å². The van der Waals surface area contributed by atoms with Gasteiger partial charge in [-0.25, -0.2) is 9.78 Å². The first kappa shape index (κ1) is 23.5. The number of benzene rings is 2. The van der Waals surface area contributed by atoms with E-state index in [0.29, 0.717) is 29.5 Å². The summed E-state index contributed by atoms with van der Waals surface area (Å²) in [6, 6.07) is 12.6. The van der Waals surface area contributed by atoms with Crippen LogP contribution in [0.25, 0.3) is 0 Å². The molecule has 35 heavy (non-hydrogen) atoms. The Bertz CT molecular complexity index is 1310. The highest BCUT2D eigenvalue weighted by Crippen LogP contribution is 2.34. The van der Waals surface area contributed by atoms with Gasteiger partial charge in [0.1, 0.15) is 11.6 Å². The van der Waals surface area contributed by atoms with Crippen molar-refractivity contribution in [2.75, 3.05) is 34.1 Å². The van der Waals surface area contributed by atoms with Crippen LogP contribution in [0.2, 0.25) is 0 Å². The lowest BCUT2D eigenvalue weighted by Crippen LogP contribution is -2.48. The molecule has 2 N–H and O–H groups in total. The Balaban J connectivity index is 1.68. The lowest BCUT2D eigenvalue weighted by molar-refractivity contribution is -0.111. The van der Waals surface area contributed by atoms with Gasteiger partial charge in [-0.2, -0.15) is 4.98 Å². The van der Waals surface area contributed by atoms with Crippen LogP contribution in [0, 0.1) is 6.92 Å². The summed E-state index contributed by atoms with van der Waals surface area (Å²) in [5.74, 6) is 1.13. The topological polar surface area (TPSA) is 99.7 Å². The largest absolute Gasteiger partial charge is 0.497 e. The van der Waals surface area contributed by atoms with Crippen LogP contribution >= 0.6 is 0 Å². The van der Waals surface area contributed by atoms with Crippen molar-refractivity contribution in [3.63, 3.8) is 0 Å². The van der Waals surface area contributed by atoms with Gasteiger partial charge in [0.2, 0.25) is 11.9 Å². The highest BCUT2D eigenvalue weighted by atomic mass is 16.5. The monoisotopic (exact) mass is 470 g/mol. The van der Waals surface area contributed by atoms with Gasteiger partial charge in [0.15, 0.2) is 0 Å². The number of ether oxygens (including phenoxy) is 1. The number of rotatable bonds is 8. The van der Waals surface area contributed by atoms with E-state index in [1.165, 1.54) is 6.08 Å². The molecular formula is C26H26N6O3. The summed E-state index contributed by atoms with van der Waals surface area (Å²) in [5.41, 5.74) is 3.64. The molecule has 4 rings (SSSR count). The third-order valence-electron chi connectivity index (χ3n) is 5.40. The fourth-order valence-electron chi connectivity index (χ4n) is 3.78. The molecule has 2 heterocycles. The number of urea groups is 1. The molecule has 0 atom stereocenters. The smallest absolute Gasteiger partial charge is 0.330 e. The molecular weight excluding hydrogens is 444 g/mol. The van der Waals surface area contributed by atoms with Crippen molar-refractivity contribution in [3.8, 4) is 5.75 Å². The molecule has 1 aliphatic heterocycles. The summed E-state index contributed by atoms with van der Waals surface area (Å²) in [5, 5.41) is 5.88. The maximum absolute atomic E-state index is 13.5. The van der Waals surface area contributed by atoms with Gasteiger partial charge >= 0.3 is 6.03 Å². The Hall–Kier alpha value is -4.66. The first-order chi connectivity index (χ1) is 16.9. The van der Waals surface area contributed by atoms with E-state index in [-0.39, 0.29) is 24.4 Å². The van der Waals surface area contributed by atoms with E-state index < -0.39 is 0 Å². The van der Waals surface area contributed by atoms with E-state index in [1.54, 1.807) is 47.4 Å². The number of fused-ring (bicyclic) bond motifs is 1. The van der Waals surface area contributed by atoms with E-state index in [2.05, 4.69) is 33.8 Å². The van der Waals surface area contributed by atoms with Crippen LogP contribution in [0.15, 0.2) is 74.0 Å². The van der Waals surface area contributed by atoms with Crippen molar-refractivity contribution in [2.24, 2.45) is 0 Å². The Morgan fingerprint density at radius 2 is 1.97 bits per heavy atom. The van der Waals surface area contributed by atoms with Crippen LogP contribution < -0.4 is 25.2 Å². The van der Waals surface area contributed by atoms with E-state index in [1.807, 2.05) is 31.2 Å². The lowest BCUT2D eigenvalue weighted by atomic mass is 10.1. The molecule has 0 saturated heterocycles. The summed E-state index contributed by atoms with van der Waals surface area (Å²) >= 11 is 0. The van der Waals surface area contributed by atoms with Crippen molar-refractivity contribution in [1.82, 2.24) is 9.97 Å². The first-order valence-corrected chi connectivity index (χ1v) is 10.9. The number of amides is 3. The van der Waals surface area contributed by atoms with Gasteiger partial charge in [-0.3, -0.25) is 14.6 Å². The zero-order valence-electron chi connectivity index (χ0n) is 19.6. The summed E-state index contributed by atoms with van der Waals surface area (Å²) in [6.07, 6.45) is 4.54. The Morgan fingerprint density at radius 1 is 1.20 bits per heavy atom. The van der Waals surface area contributed by atoms with Gasteiger partial charge in [-0.05, 0) is 42.8 Å². The molecule has 3 amide bonds. The quantitative estimate of drug-likeness (QED) is 0.363. The minimum atomic E-state index is -0.332. The van der Waals surface area contributed by atoms with Gasteiger partial charge < -0.3 is 15.4 Å². The van der Waals surface area contributed by atoms with Crippen molar-refractivity contribution in [1.29, 1.82) is 0 Å². The Morgan fingerprint density at radius 3 is 2.69 bits per heavy atom. The number of nitrogens with zero attached hydrogens (tertiary/aromatic N) is 4. The number of para-hydroxylation sites is 2. The number of anilines is 5. The molecule has 0 radical (unpaired) electrons. The fourth-order valence-corrected chi connectivity index (χ4v) is 3.78. The molecule has 0 aliphatic carbocycles. The summed E-state index contributed by atoms with van der Waals surface area (Å²) in [4.78, 5) is 37.6. The molecule has 1 aromatic heterocycles. The molecule has 9 heteroatoms. The molecule has 2 aromatic carbocycles. The van der Waals surface area contributed by atoms with Gasteiger partial charge in [-0.15, -0.1) is 6.58 Å². The van der Waals surface area contributed by atoms with E-state index >= 15 is 0 Å². The van der Waals surface area contributed by atoms with Crippen molar-refractivity contribution >= 4 is 40.8 Å². The number of hydrogen-bond donors (Lipinski definition) is 2. The number of nitrogens with one attached hydrogen (secondary N) is 2. The van der Waals surface area contributed by atoms with Gasteiger partial charge in [0.05, 0.1) is 25.0 Å². The SMILES string of the molecule is C=CCN1C(=O)N(c2cc(C)cc(OC)c2)Cc2cnc(Nc3ccccc3NC(=O)C=C)nc21. The Labute approximate surface area is 203 Å². The molecule has 178 valence electrons. The number of carbonyl (C=O) groups is 2. The van der Waals surface area contributed by atoms with E-state index in [9.17, 15) is 9.59 Å². The van der Waals surface area contributed by atoms with Crippen LogP contribution in [-0.2, 0) is 11.3 Å². The molecule has 0 saturated carbocycles. The predicted molar refractivity (Wildman–Crippen MR) is 137 cm³/mol. The summed E-state index contributed by atoms with van der Waals surface area (Å²) < 4.78 is 5.39. The van der Waals surface area contributed by atoms with E-state index in [0.717, 1.165) is 16.8 Å². The van der Waals surface area contributed by atoms with Gasteiger partial charge in [0.25, 0.3) is 0 Å². The molecule has 1 aliphatic rings. The second-order valence-electron chi connectivity index (χ2n) is 7.88. The van der Waals surface area contributed by atoms with Crippen molar-refractivity contribution in [2.45, 2.75) is 13.5 Å². The van der Waals surface area contributed by atoms with Crippen LogP contribution in [0.4, 0.5) is 33.6 Å². The zero-order chi connectivity index (χ0) is 24.9. The maximum Gasteiger partial charge on any atom is 0.330 e. The highest BCUT2D eigenvalue weighted by Gasteiger charge is 2.33. The normalized spacial score (nSPS) is 12.6. The Kier molecular flexibility index (Phi) is 6.77. The first-order valence-electron chi connectivity index (χ1n) is 10.9. The van der Waals surface area contributed by atoms with Crippen LogP contribution in [0.3, 0.4) is 0 Å². The number of aromatic nitrogens is 2. The number of carbonyl (C=O) groups excluding carboxylic acids is 2. The minimum absolute atomic E-state index is 0.228. The third kappa shape index (κ3) is 4.98. The molecule has 0 spiro atoms. The number of methoxy groups -OCH3 is 1. The maximum atomic E-state index is 13.5. The molecule has 0 fully saturated rings. The summed E-state index contributed by atoms with van der Waals surface area (Å²) in [6.45, 7) is 9.81. The number of aryl methyl sites for hydroxylation is 1. The standard InChI is InChI=1S/C26H26N6O3/c1-5-11-31-24-18(16-32(26(31)34)19-12-17(3)13-20(14-19)35-4)15-27-25(30-24)29-22-10-8-7-9-21(22)28-23(33)6-2/h5-10,12-15H,1-2,11,16H2,3-4H3,(H,28,33)(H,27,29,30). The zero-order valence-corrected chi connectivity index (χ0v) is 19.6. The second-order valence-corrected chi connectivity index (χ2v) is 7.88. The summed E-state index contributed by atoms with van der Waals surface area (Å²) in [7, 11) is 1.60. The van der Waals surface area contributed by atoms with Crippen LogP contribution in [0.1, 0.15) is 11.1 Å². The van der Waals surface area contributed by atoms with Gasteiger partial charge in [-0.1, -0.05) is 24.8 Å².